The highest BCUT2D eigenvalue weighted by molar-refractivity contribution is 6.36. The number of nitriles is 1. The van der Waals surface area contributed by atoms with Gasteiger partial charge in [-0.25, -0.2) is 9.37 Å². The van der Waals surface area contributed by atoms with E-state index >= 15 is 0 Å². The minimum atomic E-state index is -0.949. The van der Waals surface area contributed by atoms with Crippen LogP contribution in [0.2, 0.25) is 5.02 Å². The zero-order valence-corrected chi connectivity index (χ0v) is 25.7. The third-order valence-electron chi connectivity index (χ3n) is 8.53. The van der Waals surface area contributed by atoms with Gasteiger partial charge in [0.15, 0.2) is 11.3 Å². The predicted octanol–water partition coefficient (Wildman–Crippen LogP) is 3.83. The number of piperazine rings is 1. The second kappa shape index (κ2) is 12.4. The second-order valence-electron chi connectivity index (χ2n) is 11.4. The summed E-state index contributed by atoms with van der Waals surface area (Å²) in [4.78, 5) is 46.4. The van der Waals surface area contributed by atoms with Crippen LogP contribution in [0.1, 0.15) is 18.7 Å². The summed E-state index contributed by atoms with van der Waals surface area (Å²) in [6, 6.07) is 12.6. The van der Waals surface area contributed by atoms with Gasteiger partial charge in [0.05, 0.1) is 29.2 Å². The molecule has 11 nitrogen and oxygen atoms in total. The van der Waals surface area contributed by atoms with Crippen LogP contribution in [0.4, 0.5) is 10.2 Å². The summed E-state index contributed by atoms with van der Waals surface area (Å²) in [5.41, 5.74) is 0.432. The lowest BCUT2D eigenvalue weighted by Crippen LogP contribution is -2.55. The molecule has 2 aliphatic rings. The van der Waals surface area contributed by atoms with Crippen LogP contribution in [-0.4, -0.2) is 93.3 Å². The van der Waals surface area contributed by atoms with E-state index in [0.717, 1.165) is 5.39 Å². The molecule has 13 heteroatoms. The number of likely N-dealkylation sites (tertiary alicyclic amines) is 1. The van der Waals surface area contributed by atoms with Crippen molar-refractivity contribution in [2.75, 3.05) is 44.7 Å². The number of nitrogens with zero attached hydrogens (tertiary/aromatic N) is 8. The Morgan fingerprint density at radius 3 is 2.64 bits per heavy atom. The maximum Gasteiger partial charge on any atom is 0.319 e. The molecule has 0 radical (unpaired) electrons. The fourth-order valence-corrected chi connectivity index (χ4v) is 6.56. The number of carbonyl (C=O) groups excluding carboxylic acids is 1. The number of aryl methyl sites for hydroxylation is 1. The van der Waals surface area contributed by atoms with Crippen LogP contribution < -0.4 is 15.2 Å². The summed E-state index contributed by atoms with van der Waals surface area (Å²) in [6.07, 6.45) is 0.708. The average molecular weight is 631 g/mol. The highest BCUT2D eigenvalue weighted by atomic mass is 35.5. The molecule has 2 saturated heterocycles. The molecule has 2 fully saturated rings. The van der Waals surface area contributed by atoms with Gasteiger partial charge in [-0.05, 0) is 44.0 Å². The number of alkyl halides is 1. The Kier molecular flexibility index (Phi) is 8.40. The van der Waals surface area contributed by atoms with Crippen molar-refractivity contribution >= 4 is 45.1 Å². The third kappa shape index (κ3) is 5.69. The van der Waals surface area contributed by atoms with Crippen LogP contribution in [0.15, 0.2) is 53.8 Å². The molecule has 232 valence electrons. The second-order valence-corrected chi connectivity index (χ2v) is 11.8. The summed E-state index contributed by atoms with van der Waals surface area (Å²) < 4.78 is 21.6. The van der Waals surface area contributed by atoms with Crippen molar-refractivity contribution in [3.8, 4) is 17.8 Å². The van der Waals surface area contributed by atoms with Crippen molar-refractivity contribution in [1.29, 1.82) is 5.26 Å². The van der Waals surface area contributed by atoms with Crippen molar-refractivity contribution in [1.82, 2.24) is 29.3 Å². The Morgan fingerprint density at radius 2 is 1.93 bits per heavy atom. The molecule has 1 amide bonds. The zero-order chi connectivity index (χ0) is 31.8. The molecule has 4 heterocycles. The number of rotatable bonds is 7. The van der Waals surface area contributed by atoms with Crippen molar-refractivity contribution in [3.63, 3.8) is 0 Å². The Balaban J connectivity index is 1.49. The molecule has 3 atom stereocenters. The minimum absolute atomic E-state index is 0.0363. The number of carbonyl (C=O) groups is 1. The largest absolute Gasteiger partial charge is 0.462 e. The first-order valence-corrected chi connectivity index (χ1v) is 15.1. The van der Waals surface area contributed by atoms with E-state index < -0.39 is 17.8 Å². The lowest BCUT2D eigenvalue weighted by atomic mass is 10.1. The highest BCUT2D eigenvalue weighted by Gasteiger charge is 2.33. The van der Waals surface area contributed by atoms with Gasteiger partial charge in [0.2, 0.25) is 5.91 Å². The van der Waals surface area contributed by atoms with Crippen LogP contribution in [0, 0.1) is 18.3 Å². The molecule has 0 aliphatic carbocycles. The molecule has 0 saturated carbocycles. The molecule has 2 aromatic heterocycles. The molecule has 0 bridgehead atoms. The van der Waals surface area contributed by atoms with Crippen LogP contribution in [-0.2, 0) is 4.79 Å². The monoisotopic (exact) mass is 630 g/mol. The molecule has 0 spiro atoms. The number of hydrogen-bond acceptors (Lipinski definition) is 9. The van der Waals surface area contributed by atoms with E-state index in [-0.39, 0.29) is 48.6 Å². The summed E-state index contributed by atoms with van der Waals surface area (Å²) in [7, 11) is 1.83. The summed E-state index contributed by atoms with van der Waals surface area (Å²) in [6.45, 7) is 6.72. The number of likely N-dealkylation sites (N-methyl/N-ethyl adjacent to an activating group) is 1. The van der Waals surface area contributed by atoms with E-state index in [2.05, 4.69) is 17.6 Å². The van der Waals surface area contributed by atoms with E-state index in [1.165, 1.54) is 10.6 Å². The lowest BCUT2D eigenvalue weighted by Gasteiger charge is -2.40. The number of fused-ring (bicyclic) bond motifs is 2. The van der Waals surface area contributed by atoms with Gasteiger partial charge in [-0.3, -0.25) is 19.1 Å². The molecule has 2 aromatic carbocycles. The van der Waals surface area contributed by atoms with E-state index in [4.69, 9.17) is 26.3 Å². The third-order valence-corrected chi connectivity index (χ3v) is 8.84. The fourth-order valence-electron chi connectivity index (χ4n) is 6.28. The van der Waals surface area contributed by atoms with Crippen LogP contribution in [0.25, 0.3) is 27.5 Å². The summed E-state index contributed by atoms with van der Waals surface area (Å²) >= 11 is 6.62. The molecule has 6 rings (SSSR count). The van der Waals surface area contributed by atoms with Gasteiger partial charge in [0.1, 0.15) is 24.1 Å². The molecule has 4 aromatic rings. The van der Waals surface area contributed by atoms with E-state index in [9.17, 15) is 19.2 Å². The van der Waals surface area contributed by atoms with Crippen molar-refractivity contribution in [2.24, 2.45) is 0 Å². The van der Waals surface area contributed by atoms with Gasteiger partial charge in [-0.1, -0.05) is 42.4 Å². The van der Waals surface area contributed by atoms with Gasteiger partial charge in [0.25, 0.3) is 5.56 Å². The first kappa shape index (κ1) is 30.4. The number of amides is 1. The Morgan fingerprint density at radius 1 is 1.16 bits per heavy atom. The molecular weight excluding hydrogens is 599 g/mol. The van der Waals surface area contributed by atoms with E-state index in [1.807, 2.05) is 41.1 Å². The van der Waals surface area contributed by atoms with Crippen LogP contribution in [0.3, 0.4) is 0 Å². The Bertz CT molecular complexity index is 1900. The van der Waals surface area contributed by atoms with Gasteiger partial charge in [-0.15, -0.1) is 0 Å². The Hall–Kier alpha value is -4.60. The zero-order valence-electron chi connectivity index (χ0n) is 25.0. The van der Waals surface area contributed by atoms with Gasteiger partial charge in [0, 0.05) is 37.6 Å². The standard InChI is InChI=1S/C32H32ClFN8O3/c1-4-26(43)41-14-13-40(17-22(41)11-12-35)30-28-29(37-32(38-30)45-18-23-15-21(34)16-39(23)3)31(44)42(19(2)36-28)25-10-6-8-20-7-5-9-24(33)27(20)25/h4-10,21-23H,1,11,13-18H2,2-3H3/t21-,22+,23+/m1/s1. The first-order chi connectivity index (χ1) is 21.7. The fraction of sp³-hybridized carbons (Fsp3) is 0.375. The molecule has 0 N–H and O–H groups in total. The number of halogens is 2. The SMILES string of the molecule is C=CC(=O)N1CCN(c2nc(OC[C@@H]3C[C@@H](F)CN3C)nc3c(=O)n(-c4cccc5cccc(Cl)c45)c(C)nc23)C[C@@H]1CC#N. The molecule has 2 aliphatic heterocycles. The molecule has 45 heavy (non-hydrogen) atoms. The van der Waals surface area contributed by atoms with Crippen molar-refractivity contribution < 1.29 is 13.9 Å². The molecular formula is C32H32ClFN8O3. The normalized spacial score (nSPS) is 20.5. The number of benzene rings is 2. The number of ether oxygens (including phenoxy) is 1. The van der Waals surface area contributed by atoms with Crippen LogP contribution in [0.5, 0.6) is 6.01 Å². The minimum Gasteiger partial charge on any atom is -0.462 e. The summed E-state index contributed by atoms with van der Waals surface area (Å²) in [5, 5.41) is 11.6. The van der Waals surface area contributed by atoms with Crippen molar-refractivity contribution in [2.45, 2.75) is 38.0 Å². The number of hydrogen-bond donors (Lipinski definition) is 0. The highest BCUT2D eigenvalue weighted by Crippen LogP contribution is 2.31. The van der Waals surface area contributed by atoms with Gasteiger partial charge in [-0.2, -0.15) is 15.2 Å². The number of anilines is 1. The average Bonchev–Trinajstić information content (AvgIpc) is 3.36. The first-order valence-electron chi connectivity index (χ1n) is 14.7. The molecule has 0 unspecified atom stereocenters. The maximum atomic E-state index is 14.3. The van der Waals surface area contributed by atoms with Crippen LogP contribution >= 0.6 is 11.6 Å². The van der Waals surface area contributed by atoms with E-state index in [1.54, 1.807) is 24.0 Å². The summed E-state index contributed by atoms with van der Waals surface area (Å²) in [5.74, 6) is 0.494. The van der Waals surface area contributed by atoms with Gasteiger partial charge < -0.3 is 14.5 Å². The number of aromatic nitrogens is 4. The smallest absolute Gasteiger partial charge is 0.319 e. The Labute approximate surface area is 264 Å². The quantitative estimate of drug-likeness (QED) is 0.281. The topological polar surface area (TPSA) is 120 Å². The van der Waals surface area contributed by atoms with E-state index in [0.29, 0.717) is 53.8 Å². The predicted molar refractivity (Wildman–Crippen MR) is 170 cm³/mol. The lowest BCUT2D eigenvalue weighted by molar-refractivity contribution is -0.128. The van der Waals surface area contributed by atoms with Gasteiger partial charge >= 0.3 is 6.01 Å². The maximum absolute atomic E-state index is 14.3. The van der Waals surface area contributed by atoms with Crippen molar-refractivity contribution in [3.05, 3.63) is 70.3 Å².